The lowest BCUT2D eigenvalue weighted by molar-refractivity contribution is -0.112. The van der Waals surface area contributed by atoms with Crippen LogP contribution < -0.4 is 0 Å². The summed E-state index contributed by atoms with van der Waals surface area (Å²) < 4.78 is 0. The second-order valence-electron chi connectivity index (χ2n) is 3.43. The van der Waals surface area contributed by atoms with Gasteiger partial charge in [0.05, 0.1) is 0 Å². The summed E-state index contributed by atoms with van der Waals surface area (Å²) in [4.78, 5) is 10.4. The molecular formula is C9H16O. The summed E-state index contributed by atoms with van der Waals surface area (Å²) in [5, 5.41) is 0. The monoisotopic (exact) mass is 140 g/mol. The van der Waals surface area contributed by atoms with Crippen molar-refractivity contribution in [3.8, 4) is 0 Å². The van der Waals surface area contributed by atoms with Gasteiger partial charge in [-0.1, -0.05) is 32.9 Å². The van der Waals surface area contributed by atoms with Crippen LogP contribution in [0.4, 0.5) is 0 Å². The van der Waals surface area contributed by atoms with Gasteiger partial charge in [0, 0.05) is 5.92 Å². The molecule has 0 spiro atoms. The Balaban J connectivity index is 4.38. The topological polar surface area (TPSA) is 17.1 Å². The highest BCUT2D eigenvalue weighted by atomic mass is 16.1. The van der Waals surface area contributed by atoms with E-state index in [2.05, 4.69) is 6.58 Å². The smallest absolute Gasteiger partial charge is 0.123 e. The van der Waals surface area contributed by atoms with E-state index in [1.807, 2.05) is 27.7 Å². The minimum absolute atomic E-state index is 0.0538. The maximum atomic E-state index is 10.4. The summed E-state index contributed by atoms with van der Waals surface area (Å²) in [6.07, 6.45) is 0.981. The van der Waals surface area contributed by atoms with Crippen LogP contribution in [-0.4, -0.2) is 6.29 Å². The van der Waals surface area contributed by atoms with Crippen molar-refractivity contribution in [3.63, 3.8) is 0 Å². The molecule has 10 heavy (non-hydrogen) atoms. The normalized spacial score (nSPS) is 14.4. The molecule has 0 aromatic heterocycles. The number of carbonyl (C=O) groups excluding carboxylic acids is 1. The molecule has 58 valence electrons. The number of allylic oxidation sites excluding steroid dienone is 1. The van der Waals surface area contributed by atoms with E-state index in [0.717, 1.165) is 11.9 Å². The first kappa shape index (κ1) is 9.41. The van der Waals surface area contributed by atoms with Crippen LogP contribution in [0.1, 0.15) is 27.7 Å². The Morgan fingerprint density at radius 3 is 2.10 bits per heavy atom. The Kier molecular flexibility index (Phi) is 2.82. The van der Waals surface area contributed by atoms with Crippen LogP contribution in [0.2, 0.25) is 0 Å². The molecule has 0 aliphatic carbocycles. The maximum absolute atomic E-state index is 10.4. The zero-order valence-electron chi connectivity index (χ0n) is 7.27. The summed E-state index contributed by atoms with van der Waals surface area (Å²) in [5.41, 5.74) is 1.01. The number of rotatable bonds is 3. The minimum Gasteiger partial charge on any atom is -0.303 e. The Morgan fingerprint density at radius 2 is 2.00 bits per heavy atom. The number of hydrogen-bond acceptors (Lipinski definition) is 1. The predicted molar refractivity (Wildman–Crippen MR) is 43.8 cm³/mol. The molecule has 0 aromatic rings. The summed E-state index contributed by atoms with van der Waals surface area (Å²) >= 11 is 0. The molecule has 0 rings (SSSR count). The number of carbonyl (C=O) groups is 1. The third kappa shape index (κ3) is 1.69. The fourth-order valence-electron chi connectivity index (χ4n) is 0.559. The van der Waals surface area contributed by atoms with E-state index < -0.39 is 0 Å². The molecule has 0 fully saturated rings. The van der Waals surface area contributed by atoms with Crippen molar-refractivity contribution in [3.05, 3.63) is 12.2 Å². The Hall–Kier alpha value is -0.590. The fraction of sp³-hybridized carbons (Fsp3) is 0.667. The molecule has 0 heterocycles. The molecular weight excluding hydrogens is 124 g/mol. The van der Waals surface area contributed by atoms with Crippen molar-refractivity contribution >= 4 is 6.29 Å². The lowest BCUT2D eigenvalue weighted by atomic mass is 9.76. The summed E-state index contributed by atoms with van der Waals surface area (Å²) in [5.74, 6) is 0.0602. The van der Waals surface area contributed by atoms with Gasteiger partial charge in [-0.25, -0.2) is 0 Å². The average molecular weight is 140 g/mol. The van der Waals surface area contributed by atoms with E-state index in [9.17, 15) is 4.79 Å². The second-order valence-corrected chi connectivity index (χ2v) is 3.43. The SMILES string of the molecule is C=C(C)C(C)(C)C(C)C=O. The Labute approximate surface area is 63.1 Å². The van der Waals surface area contributed by atoms with E-state index in [0.29, 0.717) is 0 Å². The molecule has 0 aliphatic heterocycles. The molecule has 0 bridgehead atoms. The summed E-state index contributed by atoms with van der Waals surface area (Å²) in [6, 6.07) is 0. The third-order valence-corrected chi connectivity index (χ3v) is 2.44. The van der Waals surface area contributed by atoms with Crippen LogP contribution in [0, 0.1) is 11.3 Å². The van der Waals surface area contributed by atoms with Gasteiger partial charge in [0.2, 0.25) is 0 Å². The van der Waals surface area contributed by atoms with E-state index in [-0.39, 0.29) is 11.3 Å². The Bertz CT molecular complexity index is 145. The molecule has 0 saturated heterocycles. The lowest BCUT2D eigenvalue weighted by Gasteiger charge is -2.28. The summed E-state index contributed by atoms with van der Waals surface area (Å²) in [7, 11) is 0. The molecule has 0 N–H and O–H groups in total. The number of hydrogen-bond donors (Lipinski definition) is 0. The lowest BCUT2D eigenvalue weighted by Crippen LogP contribution is -2.23. The second kappa shape index (κ2) is 3.00. The van der Waals surface area contributed by atoms with Crippen LogP contribution >= 0.6 is 0 Å². The first-order chi connectivity index (χ1) is 4.42. The van der Waals surface area contributed by atoms with Gasteiger partial charge < -0.3 is 4.79 Å². The van der Waals surface area contributed by atoms with Gasteiger partial charge in [-0.2, -0.15) is 0 Å². The van der Waals surface area contributed by atoms with Crippen molar-refractivity contribution in [2.45, 2.75) is 27.7 Å². The van der Waals surface area contributed by atoms with Crippen molar-refractivity contribution in [2.24, 2.45) is 11.3 Å². The highest BCUT2D eigenvalue weighted by Crippen LogP contribution is 2.31. The van der Waals surface area contributed by atoms with Gasteiger partial charge in [0.15, 0.2) is 0 Å². The van der Waals surface area contributed by atoms with Crippen LogP contribution in [0.3, 0.4) is 0 Å². The van der Waals surface area contributed by atoms with Crippen LogP contribution in [0.15, 0.2) is 12.2 Å². The zero-order valence-corrected chi connectivity index (χ0v) is 7.27. The van der Waals surface area contributed by atoms with E-state index in [1.165, 1.54) is 0 Å². The highest BCUT2D eigenvalue weighted by molar-refractivity contribution is 5.55. The molecule has 0 amide bonds. The molecule has 1 nitrogen and oxygen atoms in total. The van der Waals surface area contributed by atoms with Gasteiger partial charge in [-0.15, -0.1) is 0 Å². The van der Waals surface area contributed by atoms with Crippen LogP contribution in [0.25, 0.3) is 0 Å². The van der Waals surface area contributed by atoms with Crippen molar-refractivity contribution in [1.29, 1.82) is 0 Å². The van der Waals surface area contributed by atoms with Crippen molar-refractivity contribution in [2.75, 3.05) is 0 Å². The molecule has 0 radical (unpaired) electrons. The largest absolute Gasteiger partial charge is 0.303 e. The van der Waals surface area contributed by atoms with Crippen LogP contribution in [0.5, 0.6) is 0 Å². The molecule has 1 heteroatoms. The van der Waals surface area contributed by atoms with E-state index in [1.54, 1.807) is 0 Å². The highest BCUT2D eigenvalue weighted by Gasteiger charge is 2.25. The van der Waals surface area contributed by atoms with Gasteiger partial charge in [-0.05, 0) is 12.3 Å². The first-order valence-electron chi connectivity index (χ1n) is 3.54. The number of aldehydes is 1. The van der Waals surface area contributed by atoms with E-state index in [4.69, 9.17) is 0 Å². The predicted octanol–water partition coefficient (Wildman–Crippen LogP) is 2.42. The average Bonchev–Trinajstić information content (AvgIpc) is 1.86. The molecule has 0 saturated carbocycles. The maximum Gasteiger partial charge on any atom is 0.123 e. The van der Waals surface area contributed by atoms with Crippen molar-refractivity contribution in [1.82, 2.24) is 0 Å². The van der Waals surface area contributed by atoms with Gasteiger partial charge in [-0.3, -0.25) is 0 Å². The molecule has 1 unspecified atom stereocenters. The van der Waals surface area contributed by atoms with E-state index >= 15 is 0 Å². The van der Waals surface area contributed by atoms with Gasteiger partial charge in [0.1, 0.15) is 6.29 Å². The van der Waals surface area contributed by atoms with Gasteiger partial charge in [0.25, 0.3) is 0 Å². The third-order valence-electron chi connectivity index (χ3n) is 2.44. The summed E-state index contributed by atoms with van der Waals surface area (Å²) in [6.45, 7) is 11.8. The molecule has 0 aromatic carbocycles. The molecule has 1 atom stereocenters. The van der Waals surface area contributed by atoms with Crippen molar-refractivity contribution < 1.29 is 4.79 Å². The quantitative estimate of drug-likeness (QED) is 0.434. The first-order valence-corrected chi connectivity index (χ1v) is 3.54. The standard InChI is InChI=1S/C9H16O/c1-7(2)9(4,5)8(3)6-10/h6,8H,1H2,2-5H3. The van der Waals surface area contributed by atoms with Gasteiger partial charge >= 0.3 is 0 Å². The van der Waals surface area contributed by atoms with Crippen LogP contribution in [-0.2, 0) is 4.79 Å². The Morgan fingerprint density at radius 1 is 1.60 bits per heavy atom. The molecule has 0 aliphatic rings. The minimum atomic E-state index is -0.0538. The zero-order chi connectivity index (χ0) is 8.36. The fourth-order valence-corrected chi connectivity index (χ4v) is 0.559.